The molecule has 0 radical (unpaired) electrons. The van der Waals surface area contributed by atoms with Crippen molar-refractivity contribution < 1.29 is 14.0 Å². The molecule has 2 aromatic carbocycles. The van der Waals surface area contributed by atoms with Gasteiger partial charge in [-0.15, -0.1) is 0 Å². The first-order valence-electron chi connectivity index (χ1n) is 9.03. The van der Waals surface area contributed by atoms with E-state index in [-0.39, 0.29) is 42.6 Å². The van der Waals surface area contributed by atoms with Crippen LogP contribution in [-0.2, 0) is 4.79 Å². The Balaban J connectivity index is 1.63. The van der Waals surface area contributed by atoms with Crippen LogP contribution >= 0.6 is 0 Å². The van der Waals surface area contributed by atoms with Crippen molar-refractivity contribution >= 4 is 17.5 Å². The molecule has 3 rings (SSSR count). The van der Waals surface area contributed by atoms with E-state index < -0.39 is 0 Å². The third kappa shape index (κ3) is 3.92. The zero-order valence-corrected chi connectivity index (χ0v) is 15.5. The van der Waals surface area contributed by atoms with Crippen LogP contribution in [0.25, 0.3) is 5.70 Å². The Morgan fingerprint density at radius 2 is 1.74 bits per heavy atom. The topological polar surface area (TPSA) is 49.4 Å². The number of nitrogens with one attached hydrogen (secondary N) is 1. The molecule has 0 aliphatic carbocycles. The lowest BCUT2D eigenvalue weighted by atomic mass is 9.96. The van der Waals surface area contributed by atoms with Gasteiger partial charge in [-0.3, -0.25) is 9.59 Å². The Bertz CT molecular complexity index is 839. The number of hydrogen-bond acceptors (Lipinski definition) is 2. The van der Waals surface area contributed by atoms with Crippen molar-refractivity contribution in [2.45, 2.75) is 26.3 Å². The van der Waals surface area contributed by atoms with Crippen molar-refractivity contribution in [1.29, 1.82) is 0 Å². The predicted octanol–water partition coefficient (Wildman–Crippen LogP) is 4.16. The van der Waals surface area contributed by atoms with Gasteiger partial charge in [0.15, 0.2) is 0 Å². The molecule has 1 atom stereocenters. The quantitative estimate of drug-likeness (QED) is 0.835. The Hall–Kier alpha value is -2.95. The molecule has 27 heavy (non-hydrogen) atoms. The van der Waals surface area contributed by atoms with E-state index in [4.69, 9.17) is 0 Å². The summed E-state index contributed by atoms with van der Waals surface area (Å²) in [6.07, 6.45) is 0.170. The summed E-state index contributed by atoms with van der Waals surface area (Å²) in [6.45, 7) is 8.25. The van der Waals surface area contributed by atoms with Crippen LogP contribution in [0.5, 0.6) is 0 Å². The lowest BCUT2D eigenvalue weighted by molar-refractivity contribution is -0.122. The zero-order chi connectivity index (χ0) is 19.6. The molecule has 1 N–H and O–H groups in total. The van der Waals surface area contributed by atoms with Crippen molar-refractivity contribution in [3.8, 4) is 0 Å². The van der Waals surface area contributed by atoms with Crippen molar-refractivity contribution in [3.63, 3.8) is 0 Å². The van der Waals surface area contributed by atoms with Crippen molar-refractivity contribution in [1.82, 2.24) is 10.2 Å². The number of benzene rings is 2. The third-order valence-electron chi connectivity index (χ3n) is 4.81. The minimum Gasteiger partial charge on any atom is -0.349 e. The Morgan fingerprint density at radius 3 is 2.33 bits per heavy atom. The average molecular weight is 366 g/mol. The Kier molecular flexibility index (Phi) is 5.40. The first kappa shape index (κ1) is 18.8. The molecule has 1 aliphatic heterocycles. The maximum atomic E-state index is 13.2. The highest BCUT2D eigenvalue weighted by molar-refractivity contribution is 6.08. The number of halogens is 1. The fourth-order valence-corrected chi connectivity index (χ4v) is 3.34. The molecule has 0 spiro atoms. The maximum absolute atomic E-state index is 13.2. The molecular formula is C22H23FN2O2. The van der Waals surface area contributed by atoms with Crippen LogP contribution in [0.2, 0.25) is 0 Å². The molecule has 0 saturated heterocycles. The van der Waals surface area contributed by atoms with Gasteiger partial charge in [0.05, 0.1) is 6.04 Å². The number of rotatable bonds is 6. The number of hydrogen-bond donors (Lipinski definition) is 1. The molecule has 0 saturated carbocycles. The van der Waals surface area contributed by atoms with E-state index >= 15 is 0 Å². The van der Waals surface area contributed by atoms with Crippen LogP contribution in [0.3, 0.4) is 0 Å². The van der Waals surface area contributed by atoms with Gasteiger partial charge >= 0.3 is 0 Å². The van der Waals surface area contributed by atoms with Gasteiger partial charge in [-0.1, -0.05) is 50.8 Å². The van der Waals surface area contributed by atoms with Crippen LogP contribution in [0.4, 0.5) is 4.39 Å². The van der Waals surface area contributed by atoms with E-state index in [1.54, 1.807) is 23.1 Å². The van der Waals surface area contributed by atoms with Gasteiger partial charge in [0.2, 0.25) is 5.91 Å². The molecule has 4 nitrogen and oxygen atoms in total. The molecule has 1 heterocycles. The van der Waals surface area contributed by atoms with E-state index in [9.17, 15) is 14.0 Å². The summed E-state index contributed by atoms with van der Waals surface area (Å²) in [6, 6.07) is 13.2. The van der Waals surface area contributed by atoms with Gasteiger partial charge in [-0.05, 0) is 29.7 Å². The van der Waals surface area contributed by atoms with E-state index in [1.165, 1.54) is 12.1 Å². The van der Waals surface area contributed by atoms with E-state index in [0.717, 1.165) is 11.1 Å². The molecule has 2 amide bonds. The first-order valence-corrected chi connectivity index (χ1v) is 9.03. The summed E-state index contributed by atoms with van der Waals surface area (Å²) < 4.78 is 13.2. The highest BCUT2D eigenvalue weighted by Crippen LogP contribution is 2.31. The second-order valence-corrected chi connectivity index (χ2v) is 7.04. The van der Waals surface area contributed by atoms with Gasteiger partial charge < -0.3 is 10.2 Å². The van der Waals surface area contributed by atoms with Gasteiger partial charge in [0, 0.05) is 29.8 Å². The number of amides is 2. The zero-order valence-electron chi connectivity index (χ0n) is 15.5. The van der Waals surface area contributed by atoms with Crippen LogP contribution in [0, 0.1) is 11.7 Å². The summed E-state index contributed by atoms with van der Waals surface area (Å²) in [4.78, 5) is 26.5. The van der Waals surface area contributed by atoms with E-state index in [1.807, 2.05) is 32.0 Å². The summed E-state index contributed by atoms with van der Waals surface area (Å²) >= 11 is 0. The van der Waals surface area contributed by atoms with Crippen LogP contribution in [0.15, 0.2) is 55.1 Å². The van der Waals surface area contributed by atoms with Gasteiger partial charge in [0.25, 0.3) is 5.91 Å². The Labute approximate surface area is 158 Å². The standard InChI is InChI=1S/C22H23FN2O2/c1-14(2)21(16-8-10-17(23)11-9-16)24-20(26)12-13-25-15(3)18-6-4-5-7-19(18)22(25)27/h4-11,14,21H,3,12-13H2,1-2H3,(H,24,26). The van der Waals surface area contributed by atoms with Crippen LogP contribution < -0.4 is 5.32 Å². The predicted molar refractivity (Wildman–Crippen MR) is 103 cm³/mol. The molecule has 0 bridgehead atoms. The molecule has 5 heteroatoms. The smallest absolute Gasteiger partial charge is 0.258 e. The molecule has 0 aromatic heterocycles. The van der Waals surface area contributed by atoms with Crippen LogP contribution in [-0.4, -0.2) is 23.3 Å². The average Bonchev–Trinajstić information content (AvgIpc) is 2.90. The van der Waals surface area contributed by atoms with Crippen LogP contribution in [0.1, 0.15) is 47.8 Å². The van der Waals surface area contributed by atoms with Gasteiger partial charge in [-0.25, -0.2) is 4.39 Å². The third-order valence-corrected chi connectivity index (χ3v) is 4.81. The number of carbonyl (C=O) groups excluding carboxylic acids is 2. The van der Waals surface area contributed by atoms with Crippen molar-refractivity contribution in [3.05, 3.63) is 77.6 Å². The van der Waals surface area contributed by atoms with Crippen molar-refractivity contribution in [2.24, 2.45) is 5.92 Å². The number of carbonyl (C=O) groups is 2. The molecule has 2 aromatic rings. The fraction of sp³-hybridized carbons (Fsp3) is 0.273. The molecule has 0 fully saturated rings. The second-order valence-electron chi connectivity index (χ2n) is 7.04. The maximum Gasteiger partial charge on any atom is 0.258 e. The monoisotopic (exact) mass is 366 g/mol. The minimum atomic E-state index is -0.307. The fourth-order valence-electron chi connectivity index (χ4n) is 3.34. The summed E-state index contributed by atoms with van der Waals surface area (Å²) in [5.41, 5.74) is 2.92. The molecule has 140 valence electrons. The summed E-state index contributed by atoms with van der Waals surface area (Å²) in [5, 5.41) is 3.00. The highest BCUT2D eigenvalue weighted by Gasteiger charge is 2.30. The van der Waals surface area contributed by atoms with E-state index in [2.05, 4.69) is 11.9 Å². The van der Waals surface area contributed by atoms with Crippen molar-refractivity contribution in [2.75, 3.05) is 6.54 Å². The first-order chi connectivity index (χ1) is 12.9. The molecular weight excluding hydrogens is 343 g/mol. The normalized spacial score (nSPS) is 14.4. The summed E-state index contributed by atoms with van der Waals surface area (Å²) in [7, 11) is 0. The SMILES string of the molecule is C=C1c2ccccc2C(=O)N1CCC(=O)NC(c1ccc(F)cc1)C(C)C. The second kappa shape index (κ2) is 7.74. The summed E-state index contributed by atoms with van der Waals surface area (Å²) in [5.74, 6) is -0.442. The Morgan fingerprint density at radius 1 is 1.11 bits per heavy atom. The minimum absolute atomic E-state index is 0.123. The molecule has 1 unspecified atom stereocenters. The van der Waals surface area contributed by atoms with E-state index in [0.29, 0.717) is 11.3 Å². The molecule has 1 aliphatic rings. The lowest BCUT2D eigenvalue weighted by Crippen LogP contribution is -2.34. The number of fused-ring (bicyclic) bond motifs is 1. The lowest BCUT2D eigenvalue weighted by Gasteiger charge is -2.24. The number of nitrogens with zero attached hydrogens (tertiary/aromatic N) is 1. The highest BCUT2D eigenvalue weighted by atomic mass is 19.1. The largest absolute Gasteiger partial charge is 0.349 e. The van der Waals surface area contributed by atoms with Gasteiger partial charge in [-0.2, -0.15) is 0 Å². The van der Waals surface area contributed by atoms with Gasteiger partial charge in [0.1, 0.15) is 5.82 Å².